The molecule has 0 amide bonds. The van der Waals surface area contributed by atoms with Gasteiger partial charge in [-0.25, -0.2) is 9.78 Å². The zero-order valence-corrected chi connectivity index (χ0v) is 10.5. The van der Waals surface area contributed by atoms with Crippen molar-refractivity contribution in [2.24, 2.45) is 5.92 Å². The van der Waals surface area contributed by atoms with Crippen molar-refractivity contribution in [1.82, 2.24) is 9.97 Å². The molecule has 1 aromatic heterocycles. The van der Waals surface area contributed by atoms with E-state index >= 15 is 0 Å². The smallest absolute Gasteiger partial charge is 0.326 e. The molecule has 1 heterocycles. The van der Waals surface area contributed by atoms with Gasteiger partial charge in [0.25, 0.3) is 0 Å². The van der Waals surface area contributed by atoms with Crippen molar-refractivity contribution in [3.63, 3.8) is 0 Å². The zero-order valence-electron chi connectivity index (χ0n) is 10.5. The Bertz CT molecular complexity index is 446. The molecule has 98 valence electrons. The van der Waals surface area contributed by atoms with Crippen LogP contribution in [0.5, 0.6) is 5.88 Å². The Balaban J connectivity index is 2.14. The molecule has 0 aromatic carbocycles. The van der Waals surface area contributed by atoms with E-state index < -0.39 is 12.0 Å². The number of rotatable bonds is 6. The lowest BCUT2D eigenvalue weighted by Gasteiger charge is -2.15. The highest BCUT2D eigenvalue weighted by molar-refractivity contribution is 5.77. The van der Waals surface area contributed by atoms with Gasteiger partial charge in [0, 0.05) is 6.07 Å². The van der Waals surface area contributed by atoms with Gasteiger partial charge < -0.3 is 15.2 Å². The highest BCUT2D eigenvalue weighted by atomic mass is 16.5. The number of aryl methyl sites for hydroxylation is 1. The fourth-order valence-electron chi connectivity index (χ4n) is 1.81. The summed E-state index contributed by atoms with van der Waals surface area (Å²) >= 11 is 0. The summed E-state index contributed by atoms with van der Waals surface area (Å²) in [5, 5.41) is 12.1. The number of ether oxygens (including phenoxy) is 1. The molecule has 6 heteroatoms. The van der Waals surface area contributed by atoms with E-state index in [1.165, 1.54) is 0 Å². The minimum Gasteiger partial charge on any atom is -0.480 e. The summed E-state index contributed by atoms with van der Waals surface area (Å²) < 4.78 is 5.31. The Morgan fingerprint density at radius 2 is 2.33 bits per heavy atom. The Hall–Kier alpha value is -1.85. The summed E-state index contributed by atoms with van der Waals surface area (Å²) in [6, 6.07) is 1.06. The average molecular weight is 251 g/mol. The van der Waals surface area contributed by atoms with Crippen molar-refractivity contribution in [3.8, 4) is 5.88 Å². The zero-order chi connectivity index (χ0) is 13.1. The molecular formula is C12H17N3O3. The molecule has 0 bridgehead atoms. The first-order chi connectivity index (χ1) is 8.60. The fraction of sp³-hybridized carbons (Fsp3) is 0.583. The van der Waals surface area contributed by atoms with E-state index in [1.54, 1.807) is 13.0 Å². The van der Waals surface area contributed by atoms with Crippen LogP contribution in [0.1, 0.15) is 25.6 Å². The molecule has 1 aliphatic carbocycles. The summed E-state index contributed by atoms with van der Waals surface area (Å²) in [5.41, 5.74) is 0. The fourth-order valence-corrected chi connectivity index (χ4v) is 1.81. The highest BCUT2D eigenvalue weighted by Crippen LogP contribution is 2.34. The normalized spacial score (nSPS) is 16.1. The molecule has 0 spiro atoms. The van der Waals surface area contributed by atoms with E-state index in [4.69, 9.17) is 9.84 Å². The van der Waals surface area contributed by atoms with Gasteiger partial charge in [0.05, 0.1) is 6.61 Å². The van der Waals surface area contributed by atoms with Crippen LogP contribution in [0.3, 0.4) is 0 Å². The Morgan fingerprint density at radius 1 is 1.61 bits per heavy atom. The van der Waals surface area contributed by atoms with Gasteiger partial charge in [-0.15, -0.1) is 0 Å². The lowest BCUT2D eigenvalue weighted by molar-refractivity contribution is -0.138. The minimum absolute atomic E-state index is 0.202. The number of aliphatic carboxylic acids is 1. The minimum atomic E-state index is -0.841. The van der Waals surface area contributed by atoms with Gasteiger partial charge in [0.15, 0.2) is 0 Å². The van der Waals surface area contributed by atoms with E-state index in [9.17, 15) is 4.79 Å². The molecule has 1 aliphatic rings. The predicted octanol–water partition coefficient (Wildman–Crippen LogP) is 1.46. The van der Waals surface area contributed by atoms with Crippen LogP contribution in [-0.4, -0.2) is 33.7 Å². The van der Waals surface area contributed by atoms with Crippen molar-refractivity contribution < 1.29 is 14.6 Å². The summed E-state index contributed by atoms with van der Waals surface area (Å²) in [7, 11) is 0. The standard InChI is InChI=1S/C12H17N3O3/c1-3-18-10-6-9(13-7(2)14-10)15-11(12(16)17)8-4-5-8/h6,8,11H,3-5H2,1-2H3,(H,16,17)(H,13,14,15). The molecule has 2 rings (SSSR count). The number of aromatic nitrogens is 2. The second kappa shape index (κ2) is 5.20. The molecule has 1 fully saturated rings. The van der Waals surface area contributed by atoms with Crippen LogP contribution < -0.4 is 10.1 Å². The predicted molar refractivity (Wildman–Crippen MR) is 65.7 cm³/mol. The Morgan fingerprint density at radius 3 is 2.89 bits per heavy atom. The molecule has 1 saturated carbocycles. The van der Waals surface area contributed by atoms with Gasteiger partial charge >= 0.3 is 5.97 Å². The van der Waals surface area contributed by atoms with E-state index in [1.807, 2.05) is 6.92 Å². The summed E-state index contributed by atoms with van der Waals surface area (Å²) in [6.07, 6.45) is 1.90. The van der Waals surface area contributed by atoms with Crippen LogP contribution in [0, 0.1) is 12.8 Å². The first-order valence-corrected chi connectivity index (χ1v) is 6.08. The third kappa shape index (κ3) is 3.09. The van der Waals surface area contributed by atoms with Crippen molar-refractivity contribution in [2.75, 3.05) is 11.9 Å². The van der Waals surface area contributed by atoms with Gasteiger partial charge in [0.1, 0.15) is 17.7 Å². The molecule has 1 atom stereocenters. The molecule has 1 unspecified atom stereocenters. The van der Waals surface area contributed by atoms with Crippen LogP contribution in [0.25, 0.3) is 0 Å². The lowest BCUT2D eigenvalue weighted by Crippen LogP contribution is -2.31. The van der Waals surface area contributed by atoms with Crippen LogP contribution >= 0.6 is 0 Å². The van der Waals surface area contributed by atoms with E-state index in [-0.39, 0.29) is 5.92 Å². The van der Waals surface area contributed by atoms with Crippen molar-refractivity contribution in [2.45, 2.75) is 32.7 Å². The van der Waals surface area contributed by atoms with E-state index in [2.05, 4.69) is 15.3 Å². The summed E-state index contributed by atoms with van der Waals surface area (Å²) in [5.74, 6) is 0.890. The van der Waals surface area contributed by atoms with Gasteiger partial charge in [-0.2, -0.15) is 4.98 Å². The van der Waals surface area contributed by atoms with Gasteiger partial charge in [0.2, 0.25) is 5.88 Å². The molecule has 2 N–H and O–H groups in total. The van der Waals surface area contributed by atoms with Gasteiger partial charge in [-0.05, 0) is 32.6 Å². The van der Waals surface area contributed by atoms with Crippen LogP contribution in [0.4, 0.5) is 5.82 Å². The molecule has 0 radical (unpaired) electrons. The third-order valence-corrected chi connectivity index (χ3v) is 2.77. The SMILES string of the molecule is CCOc1cc(NC(C(=O)O)C2CC2)nc(C)n1. The van der Waals surface area contributed by atoms with Crippen LogP contribution in [0.2, 0.25) is 0 Å². The Labute approximate surface area is 105 Å². The first-order valence-electron chi connectivity index (χ1n) is 6.08. The van der Waals surface area contributed by atoms with Gasteiger partial charge in [-0.3, -0.25) is 0 Å². The van der Waals surface area contributed by atoms with Crippen LogP contribution in [0.15, 0.2) is 6.07 Å². The number of carboxylic acid groups (broad SMARTS) is 1. The maximum Gasteiger partial charge on any atom is 0.326 e. The maximum atomic E-state index is 11.1. The second-order valence-electron chi connectivity index (χ2n) is 4.37. The lowest BCUT2D eigenvalue weighted by atomic mass is 10.2. The number of carboxylic acids is 1. The Kier molecular flexibility index (Phi) is 3.64. The molecule has 0 aliphatic heterocycles. The molecule has 0 saturated heterocycles. The maximum absolute atomic E-state index is 11.1. The number of hydrogen-bond acceptors (Lipinski definition) is 5. The van der Waals surface area contributed by atoms with E-state index in [0.29, 0.717) is 24.1 Å². The number of nitrogens with zero attached hydrogens (tertiary/aromatic N) is 2. The molecule has 1 aromatic rings. The van der Waals surface area contributed by atoms with E-state index in [0.717, 1.165) is 12.8 Å². The van der Waals surface area contributed by atoms with Crippen LogP contribution in [-0.2, 0) is 4.79 Å². The molecule has 18 heavy (non-hydrogen) atoms. The number of anilines is 1. The number of nitrogens with one attached hydrogen (secondary N) is 1. The largest absolute Gasteiger partial charge is 0.480 e. The quantitative estimate of drug-likeness (QED) is 0.796. The number of carbonyl (C=O) groups is 1. The monoisotopic (exact) mass is 251 g/mol. The first kappa shape index (κ1) is 12.6. The van der Waals surface area contributed by atoms with Gasteiger partial charge in [-0.1, -0.05) is 0 Å². The topological polar surface area (TPSA) is 84.3 Å². The van der Waals surface area contributed by atoms with Crippen molar-refractivity contribution in [3.05, 3.63) is 11.9 Å². The van der Waals surface area contributed by atoms with Crippen molar-refractivity contribution in [1.29, 1.82) is 0 Å². The third-order valence-electron chi connectivity index (χ3n) is 2.77. The average Bonchev–Trinajstić information content (AvgIpc) is 3.09. The molecule has 6 nitrogen and oxygen atoms in total. The number of hydrogen-bond donors (Lipinski definition) is 2. The molecular weight excluding hydrogens is 234 g/mol. The summed E-state index contributed by atoms with van der Waals surface area (Å²) in [6.45, 7) is 4.14. The van der Waals surface area contributed by atoms with Crippen molar-refractivity contribution >= 4 is 11.8 Å². The second-order valence-corrected chi connectivity index (χ2v) is 4.37. The highest BCUT2D eigenvalue weighted by Gasteiger charge is 2.36. The summed E-state index contributed by atoms with van der Waals surface area (Å²) in [4.78, 5) is 19.4.